The minimum atomic E-state index is -0.215. The zero-order valence-electron chi connectivity index (χ0n) is 20.0. The lowest BCUT2D eigenvalue weighted by Crippen LogP contribution is -2.42. The lowest BCUT2D eigenvalue weighted by atomic mass is 10.00. The van der Waals surface area contributed by atoms with Crippen LogP contribution in [0, 0.1) is 6.92 Å². The van der Waals surface area contributed by atoms with Crippen molar-refractivity contribution in [2.45, 2.75) is 46.2 Å². The summed E-state index contributed by atoms with van der Waals surface area (Å²) in [7, 11) is 0. The van der Waals surface area contributed by atoms with Gasteiger partial charge in [0.25, 0.3) is 0 Å². The summed E-state index contributed by atoms with van der Waals surface area (Å²) in [6.45, 7) is 7.43. The van der Waals surface area contributed by atoms with Gasteiger partial charge in [0.1, 0.15) is 5.82 Å². The molecule has 0 saturated carbocycles. The van der Waals surface area contributed by atoms with Crippen LogP contribution in [-0.4, -0.2) is 31.8 Å². The Labute approximate surface area is 200 Å². The van der Waals surface area contributed by atoms with E-state index in [0.717, 1.165) is 46.9 Å². The van der Waals surface area contributed by atoms with Crippen LogP contribution in [0.2, 0.25) is 0 Å². The predicted octanol–water partition coefficient (Wildman–Crippen LogP) is 5.56. The number of carbonyl (C=O) groups is 1. The van der Waals surface area contributed by atoms with Crippen LogP contribution in [0.4, 0.5) is 4.79 Å². The van der Waals surface area contributed by atoms with Crippen molar-refractivity contribution in [1.82, 2.24) is 24.6 Å². The van der Waals surface area contributed by atoms with Crippen molar-refractivity contribution in [2.75, 3.05) is 6.54 Å². The number of nitrogens with one attached hydrogen (secondary N) is 1. The maximum atomic E-state index is 13.6. The van der Waals surface area contributed by atoms with E-state index in [1.807, 2.05) is 27.8 Å². The Bertz CT molecular complexity index is 1300. The Kier molecular flexibility index (Phi) is 5.97. The monoisotopic (exact) mass is 453 g/mol. The van der Waals surface area contributed by atoms with Crippen LogP contribution >= 0.6 is 0 Å². The average Bonchev–Trinajstić information content (AvgIpc) is 3.44. The van der Waals surface area contributed by atoms with Crippen molar-refractivity contribution in [3.05, 3.63) is 101 Å². The molecule has 0 unspecified atom stereocenters. The molecule has 0 fully saturated rings. The molecule has 0 saturated heterocycles. The number of aromatic nitrogens is 3. The smallest absolute Gasteiger partial charge is 0.318 e. The van der Waals surface area contributed by atoms with Gasteiger partial charge >= 0.3 is 6.03 Å². The Balaban J connectivity index is 1.75. The summed E-state index contributed by atoms with van der Waals surface area (Å²) < 4.78 is 4.24. The molecular formula is C28H31N5O. The third-order valence-electron chi connectivity index (χ3n) is 6.45. The van der Waals surface area contributed by atoms with E-state index in [4.69, 9.17) is 5.10 Å². The molecule has 1 aliphatic rings. The Morgan fingerprint density at radius 3 is 2.62 bits per heavy atom. The first-order valence-electron chi connectivity index (χ1n) is 12.1. The van der Waals surface area contributed by atoms with Gasteiger partial charge in [0.2, 0.25) is 0 Å². The molecule has 34 heavy (non-hydrogen) atoms. The third-order valence-corrected chi connectivity index (χ3v) is 6.45. The minimum absolute atomic E-state index is 0.0523. The fourth-order valence-electron chi connectivity index (χ4n) is 4.87. The number of hydrogen-bond donors (Lipinski definition) is 1. The number of amides is 2. The van der Waals surface area contributed by atoms with Gasteiger partial charge in [0, 0.05) is 18.3 Å². The van der Waals surface area contributed by atoms with Crippen molar-refractivity contribution in [3.8, 4) is 11.5 Å². The highest BCUT2D eigenvalue weighted by Gasteiger charge is 2.36. The fraction of sp³-hybridized carbons (Fsp3) is 0.286. The van der Waals surface area contributed by atoms with Crippen LogP contribution in [0.3, 0.4) is 0 Å². The number of hydrogen-bond acceptors (Lipinski definition) is 2. The summed E-state index contributed by atoms with van der Waals surface area (Å²) in [4.78, 5) is 15.5. The van der Waals surface area contributed by atoms with Gasteiger partial charge in [0.05, 0.1) is 29.7 Å². The molecule has 3 heterocycles. The highest BCUT2D eigenvalue weighted by atomic mass is 16.2. The zero-order valence-corrected chi connectivity index (χ0v) is 20.0. The Morgan fingerprint density at radius 2 is 1.88 bits per heavy atom. The van der Waals surface area contributed by atoms with Gasteiger partial charge in [0.15, 0.2) is 0 Å². The van der Waals surface area contributed by atoms with Gasteiger partial charge in [-0.05, 0) is 49.6 Å². The highest BCUT2D eigenvalue weighted by Crippen LogP contribution is 2.38. The van der Waals surface area contributed by atoms with Crippen molar-refractivity contribution in [3.63, 3.8) is 0 Å². The molecule has 174 valence electrons. The van der Waals surface area contributed by atoms with Gasteiger partial charge in [-0.15, -0.1) is 0 Å². The Morgan fingerprint density at radius 1 is 1.06 bits per heavy atom. The quantitative estimate of drug-likeness (QED) is 0.430. The number of urea groups is 1. The van der Waals surface area contributed by atoms with E-state index >= 15 is 0 Å². The summed E-state index contributed by atoms with van der Waals surface area (Å²) in [5.41, 5.74) is 6.44. The predicted molar refractivity (Wildman–Crippen MR) is 135 cm³/mol. The maximum Gasteiger partial charge on any atom is 0.318 e. The molecule has 0 radical (unpaired) electrons. The molecule has 6 heteroatoms. The van der Waals surface area contributed by atoms with E-state index in [2.05, 4.69) is 85.4 Å². The summed E-state index contributed by atoms with van der Waals surface area (Å²) >= 11 is 0. The van der Waals surface area contributed by atoms with E-state index in [1.165, 1.54) is 5.56 Å². The normalized spacial score (nSPS) is 14.9. The largest absolute Gasteiger partial charge is 0.338 e. The van der Waals surface area contributed by atoms with Gasteiger partial charge in [-0.1, -0.05) is 61.9 Å². The number of aryl methyl sites for hydroxylation is 2. The molecule has 4 aromatic rings. The number of nitrogens with zero attached hydrogens (tertiary/aromatic N) is 4. The number of rotatable bonds is 5. The lowest BCUT2D eigenvalue weighted by Gasteiger charge is -2.31. The van der Waals surface area contributed by atoms with Crippen LogP contribution in [0.5, 0.6) is 0 Å². The van der Waals surface area contributed by atoms with Crippen molar-refractivity contribution < 1.29 is 4.79 Å². The van der Waals surface area contributed by atoms with Crippen LogP contribution in [0.15, 0.2) is 72.9 Å². The maximum absolute atomic E-state index is 13.6. The van der Waals surface area contributed by atoms with E-state index in [9.17, 15) is 4.79 Å². The van der Waals surface area contributed by atoms with Gasteiger partial charge in [-0.25, -0.2) is 9.48 Å². The first-order chi connectivity index (χ1) is 16.6. The molecule has 1 N–H and O–H groups in total. The number of fused-ring (bicyclic) bond motifs is 3. The molecule has 0 bridgehead atoms. The summed E-state index contributed by atoms with van der Waals surface area (Å²) in [6, 6.07) is 22.6. The van der Waals surface area contributed by atoms with E-state index < -0.39 is 0 Å². The molecule has 1 aliphatic heterocycles. The number of para-hydroxylation sites is 1. The SMILES string of the molecule is CCCNC(=O)N1Cc2c(CC)nn(-c3ccccc3)c2-n2cccc2[C@@H]1c1cccc(C)c1. The van der Waals surface area contributed by atoms with E-state index in [-0.39, 0.29) is 12.1 Å². The second-order valence-corrected chi connectivity index (χ2v) is 8.83. The summed E-state index contributed by atoms with van der Waals surface area (Å²) in [5.74, 6) is 1.01. The number of benzene rings is 2. The lowest BCUT2D eigenvalue weighted by molar-refractivity contribution is 0.180. The highest BCUT2D eigenvalue weighted by molar-refractivity contribution is 5.76. The first-order valence-corrected chi connectivity index (χ1v) is 12.1. The third kappa shape index (κ3) is 3.79. The van der Waals surface area contributed by atoms with Crippen molar-refractivity contribution >= 4 is 6.03 Å². The molecule has 0 aliphatic carbocycles. The molecule has 1 atom stereocenters. The molecule has 2 aromatic carbocycles. The number of carbonyl (C=O) groups excluding carboxylic acids is 1. The van der Waals surface area contributed by atoms with Gasteiger partial charge < -0.3 is 14.8 Å². The van der Waals surface area contributed by atoms with Crippen LogP contribution < -0.4 is 5.32 Å². The second-order valence-electron chi connectivity index (χ2n) is 8.83. The molecule has 2 aromatic heterocycles. The van der Waals surface area contributed by atoms with Gasteiger partial charge in [-0.2, -0.15) is 5.10 Å². The fourth-order valence-corrected chi connectivity index (χ4v) is 4.87. The molecule has 2 amide bonds. The van der Waals surface area contributed by atoms with Crippen LogP contribution in [0.25, 0.3) is 11.5 Å². The summed E-state index contributed by atoms with van der Waals surface area (Å²) in [5, 5.41) is 8.13. The van der Waals surface area contributed by atoms with Gasteiger partial charge in [-0.3, -0.25) is 0 Å². The Hall–Kier alpha value is -3.80. The van der Waals surface area contributed by atoms with Crippen LogP contribution in [0.1, 0.15) is 54.4 Å². The first kappa shape index (κ1) is 22.0. The second kappa shape index (κ2) is 9.21. The molecule has 0 spiro atoms. The topological polar surface area (TPSA) is 55.1 Å². The summed E-state index contributed by atoms with van der Waals surface area (Å²) in [6.07, 6.45) is 3.77. The van der Waals surface area contributed by atoms with Crippen molar-refractivity contribution in [2.24, 2.45) is 0 Å². The van der Waals surface area contributed by atoms with E-state index in [0.29, 0.717) is 13.1 Å². The minimum Gasteiger partial charge on any atom is -0.338 e. The van der Waals surface area contributed by atoms with E-state index in [1.54, 1.807) is 0 Å². The van der Waals surface area contributed by atoms with Crippen molar-refractivity contribution in [1.29, 1.82) is 0 Å². The molecule has 5 rings (SSSR count). The molecular weight excluding hydrogens is 422 g/mol. The van der Waals surface area contributed by atoms with Crippen LogP contribution in [-0.2, 0) is 13.0 Å². The standard InChI is InChI=1S/C28H31N5O/c1-4-16-29-28(34)32-19-23-24(5-2)30-33(22-13-7-6-8-14-22)27(23)31-17-10-15-25(31)26(32)21-12-9-11-20(3)18-21/h6-15,17-18,26H,4-5,16,19H2,1-3H3,(H,29,34)/t26-/m0/s1. The molecule has 6 nitrogen and oxygen atoms in total. The average molecular weight is 454 g/mol. The zero-order chi connectivity index (χ0) is 23.7.